The second-order valence-electron chi connectivity index (χ2n) is 5.35. The number of likely N-dealkylation sites (N-methyl/N-ethyl adjacent to an activating group) is 1. The monoisotopic (exact) mass is 397 g/mol. The van der Waals surface area contributed by atoms with Crippen molar-refractivity contribution in [3.8, 4) is 23.8 Å². The molecule has 10 heteroatoms. The van der Waals surface area contributed by atoms with Crippen LogP contribution in [0.4, 0.5) is 0 Å². The van der Waals surface area contributed by atoms with E-state index in [-0.39, 0.29) is 13.1 Å². The number of amides is 1. The first kappa shape index (κ1) is 20.0. The van der Waals surface area contributed by atoms with Crippen LogP contribution in [-0.4, -0.2) is 57.3 Å². The third kappa shape index (κ3) is 4.07. The molecule has 1 aromatic heterocycles. The molecule has 2 rings (SSSR count). The second kappa shape index (κ2) is 7.90. The van der Waals surface area contributed by atoms with Crippen LogP contribution in [0.2, 0.25) is 0 Å². The minimum Gasteiger partial charge on any atom is -0.495 e. The highest BCUT2D eigenvalue weighted by molar-refractivity contribution is 7.88. The number of ether oxygens (including phenoxy) is 2. The number of sulfonamides is 1. The largest absolute Gasteiger partial charge is 0.495 e. The lowest BCUT2D eigenvalue weighted by molar-refractivity contribution is -0.118. The molecule has 0 spiro atoms. The van der Waals surface area contributed by atoms with Crippen LogP contribution in [0.5, 0.6) is 11.5 Å². The topological polar surface area (TPSA) is 90.2 Å². The van der Waals surface area contributed by atoms with E-state index in [0.717, 1.165) is 15.3 Å². The molecule has 1 aromatic carbocycles. The Morgan fingerprint density at radius 3 is 2.50 bits per heavy atom. The van der Waals surface area contributed by atoms with E-state index in [2.05, 4.69) is 10.9 Å². The number of carbonyl (C=O) groups excluding carboxylic acids is 1. The fourth-order valence-electron chi connectivity index (χ4n) is 2.23. The maximum atomic E-state index is 12.2. The van der Waals surface area contributed by atoms with E-state index in [1.54, 1.807) is 16.7 Å². The molecule has 0 fully saturated rings. The predicted molar refractivity (Wildman–Crippen MR) is 99.8 cm³/mol. The van der Waals surface area contributed by atoms with Crippen LogP contribution in [0.25, 0.3) is 10.2 Å². The zero-order valence-corrected chi connectivity index (χ0v) is 16.5. The van der Waals surface area contributed by atoms with Crippen LogP contribution < -0.4 is 14.3 Å². The van der Waals surface area contributed by atoms with Gasteiger partial charge in [0.1, 0.15) is 21.7 Å². The van der Waals surface area contributed by atoms with Gasteiger partial charge in [0, 0.05) is 7.05 Å². The maximum Gasteiger partial charge on any atom is 0.263 e. The maximum absolute atomic E-state index is 12.2. The van der Waals surface area contributed by atoms with Crippen molar-refractivity contribution >= 4 is 37.5 Å². The van der Waals surface area contributed by atoms with Crippen LogP contribution in [-0.2, 0) is 21.4 Å². The average molecular weight is 397 g/mol. The summed E-state index contributed by atoms with van der Waals surface area (Å²) in [6, 6.07) is 3.49. The molecule has 0 atom stereocenters. The highest BCUT2D eigenvalue weighted by Crippen LogP contribution is 2.35. The summed E-state index contributed by atoms with van der Waals surface area (Å²) in [4.78, 5) is 16.6. The second-order valence-corrected chi connectivity index (χ2v) is 8.41. The standard InChI is InChI=1S/C16H19N3O5S2/c1-6-9-19-14-11(23-3)7-8-12(24-4)15(14)25-16(19)17-13(20)10-18(2)26(5,21)22/h1,7-8H,9-10H2,2-5H3. The molecule has 0 radical (unpaired) electrons. The Morgan fingerprint density at radius 2 is 1.96 bits per heavy atom. The lowest BCUT2D eigenvalue weighted by Gasteiger charge is -2.10. The zero-order valence-electron chi connectivity index (χ0n) is 14.8. The number of nitrogens with zero attached hydrogens (tertiary/aromatic N) is 3. The Balaban J connectivity index is 2.65. The van der Waals surface area contributed by atoms with Crippen LogP contribution >= 0.6 is 11.3 Å². The number of terminal acetylenes is 1. The van der Waals surface area contributed by atoms with Crippen LogP contribution in [0.3, 0.4) is 0 Å². The molecule has 0 unspecified atom stereocenters. The van der Waals surface area contributed by atoms with E-state index in [0.29, 0.717) is 21.8 Å². The summed E-state index contributed by atoms with van der Waals surface area (Å²) in [7, 11) is 0.902. The summed E-state index contributed by atoms with van der Waals surface area (Å²) in [5, 5.41) is 0. The Hall–Kier alpha value is -2.35. The predicted octanol–water partition coefficient (Wildman–Crippen LogP) is 0.672. The Bertz CT molecular complexity index is 1040. The summed E-state index contributed by atoms with van der Waals surface area (Å²) < 4.78 is 37.0. The normalized spacial score (nSPS) is 12.4. The molecule has 2 aromatic rings. The van der Waals surface area contributed by atoms with E-state index < -0.39 is 15.9 Å². The molecule has 0 aliphatic carbocycles. The number of carbonyl (C=O) groups is 1. The Kier molecular flexibility index (Phi) is 6.07. The lowest BCUT2D eigenvalue weighted by Crippen LogP contribution is -2.31. The first-order valence-electron chi connectivity index (χ1n) is 7.39. The molecule has 140 valence electrons. The third-order valence-corrected chi connectivity index (χ3v) is 5.94. The molecule has 0 aliphatic heterocycles. The van der Waals surface area contributed by atoms with Gasteiger partial charge in [0.25, 0.3) is 5.91 Å². The van der Waals surface area contributed by atoms with Gasteiger partial charge < -0.3 is 14.0 Å². The number of fused-ring (bicyclic) bond motifs is 1. The van der Waals surface area contributed by atoms with Gasteiger partial charge in [-0.15, -0.1) is 6.42 Å². The van der Waals surface area contributed by atoms with E-state index in [4.69, 9.17) is 15.9 Å². The highest BCUT2D eigenvalue weighted by atomic mass is 32.2. The summed E-state index contributed by atoms with van der Waals surface area (Å²) in [6.45, 7) is -0.199. The first-order chi connectivity index (χ1) is 12.2. The van der Waals surface area contributed by atoms with Crippen LogP contribution in [0, 0.1) is 12.3 Å². The van der Waals surface area contributed by atoms with Gasteiger partial charge in [0.15, 0.2) is 4.80 Å². The molecule has 26 heavy (non-hydrogen) atoms. The van der Waals surface area contributed by atoms with Gasteiger partial charge in [0.05, 0.1) is 33.6 Å². The Labute approximate surface area is 155 Å². The Morgan fingerprint density at radius 1 is 1.35 bits per heavy atom. The van der Waals surface area contributed by atoms with E-state index in [1.165, 1.54) is 32.6 Å². The molecule has 0 saturated carbocycles. The molecule has 1 heterocycles. The molecule has 8 nitrogen and oxygen atoms in total. The van der Waals surface area contributed by atoms with Crippen molar-refractivity contribution < 1.29 is 22.7 Å². The zero-order chi connectivity index (χ0) is 19.5. The molecule has 0 saturated heterocycles. The number of benzene rings is 1. The number of aromatic nitrogens is 1. The fraction of sp³-hybridized carbons (Fsp3) is 0.375. The third-order valence-electron chi connectivity index (χ3n) is 3.59. The van der Waals surface area contributed by atoms with Crippen molar-refractivity contribution in [3.63, 3.8) is 0 Å². The van der Waals surface area contributed by atoms with Crippen molar-refractivity contribution in [1.29, 1.82) is 0 Å². The van der Waals surface area contributed by atoms with Crippen LogP contribution in [0.1, 0.15) is 0 Å². The molecule has 1 amide bonds. The van der Waals surface area contributed by atoms with E-state index in [9.17, 15) is 13.2 Å². The minimum absolute atomic E-state index is 0.164. The SMILES string of the molecule is C#CCn1c(=NC(=O)CN(C)S(C)(=O)=O)sc2c(OC)ccc(OC)c21. The van der Waals surface area contributed by atoms with Gasteiger partial charge in [-0.1, -0.05) is 17.3 Å². The summed E-state index contributed by atoms with van der Waals surface area (Å²) in [5.41, 5.74) is 0.665. The molecule has 0 aliphatic rings. The van der Waals surface area contributed by atoms with Crippen molar-refractivity contribution in [2.24, 2.45) is 4.99 Å². The number of hydrogen-bond donors (Lipinski definition) is 0. The lowest BCUT2D eigenvalue weighted by atomic mass is 10.3. The van der Waals surface area contributed by atoms with Crippen molar-refractivity contribution in [2.45, 2.75) is 6.54 Å². The van der Waals surface area contributed by atoms with E-state index in [1.807, 2.05) is 0 Å². The summed E-state index contributed by atoms with van der Waals surface area (Å²) in [5.74, 6) is 3.08. The summed E-state index contributed by atoms with van der Waals surface area (Å²) in [6.07, 6.45) is 6.48. The van der Waals surface area contributed by atoms with Crippen molar-refractivity contribution in [2.75, 3.05) is 34.1 Å². The highest BCUT2D eigenvalue weighted by Gasteiger charge is 2.18. The van der Waals surface area contributed by atoms with Gasteiger partial charge in [-0.3, -0.25) is 4.79 Å². The fourth-order valence-corrected chi connectivity index (χ4v) is 3.73. The van der Waals surface area contributed by atoms with Gasteiger partial charge in [-0.05, 0) is 12.1 Å². The smallest absolute Gasteiger partial charge is 0.263 e. The summed E-state index contributed by atoms with van der Waals surface area (Å²) >= 11 is 1.21. The van der Waals surface area contributed by atoms with Crippen LogP contribution in [0.15, 0.2) is 17.1 Å². The first-order valence-corrected chi connectivity index (χ1v) is 10.1. The van der Waals surface area contributed by atoms with E-state index >= 15 is 0 Å². The molecular weight excluding hydrogens is 378 g/mol. The van der Waals surface area contributed by atoms with Gasteiger partial charge in [-0.2, -0.15) is 9.30 Å². The van der Waals surface area contributed by atoms with Gasteiger partial charge in [0.2, 0.25) is 10.0 Å². The number of hydrogen-bond acceptors (Lipinski definition) is 6. The quantitative estimate of drug-likeness (QED) is 0.669. The number of thiazole rings is 1. The van der Waals surface area contributed by atoms with Gasteiger partial charge in [-0.25, -0.2) is 8.42 Å². The average Bonchev–Trinajstić information content (AvgIpc) is 2.91. The van der Waals surface area contributed by atoms with Gasteiger partial charge >= 0.3 is 0 Å². The van der Waals surface area contributed by atoms with Crippen molar-refractivity contribution in [1.82, 2.24) is 8.87 Å². The molecule has 0 bridgehead atoms. The molecule has 0 N–H and O–H groups in total. The minimum atomic E-state index is -3.48. The van der Waals surface area contributed by atoms with Crippen molar-refractivity contribution in [3.05, 3.63) is 16.9 Å². The molecular formula is C16H19N3O5S2. The number of methoxy groups -OCH3 is 2. The number of rotatable bonds is 6.